The Kier molecular flexibility index (Phi) is 8.36. The van der Waals surface area contributed by atoms with Crippen LogP contribution in [0.4, 0.5) is 0 Å². The third-order valence-corrected chi connectivity index (χ3v) is 9.80. The van der Waals surface area contributed by atoms with Crippen LogP contribution in [-0.4, -0.2) is 54.2 Å². The average Bonchev–Trinajstić information content (AvgIpc) is 3.38. The largest absolute Gasteiger partial charge is 0.497 e. The molecule has 3 unspecified atom stereocenters. The number of benzene rings is 4. The van der Waals surface area contributed by atoms with Crippen molar-refractivity contribution in [2.24, 2.45) is 17.8 Å². The third-order valence-electron chi connectivity index (χ3n) is 9.80. The first kappa shape index (κ1) is 32.0. The van der Waals surface area contributed by atoms with E-state index in [0.717, 1.165) is 27.2 Å². The van der Waals surface area contributed by atoms with Crippen molar-refractivity contribution in [1.82, 2.24) is 4.90 Å². The number of carbonyl (C=O) groups excluding carboxylic acids is 5. The molecule has 1 heterocycles. The molecule has 1 saturated heterocycles. The number of rotatable bonds is 10. The number of ether oxygens (including phenoxy) is 3. The number of amides is 2. The van der Waals surface area contributed by atoms with Crippen LogP contribution in [0.15, 0.2) is 97.1 Å². The van der Waals surface area contributed by atoms with Gasteiger partial charge in [-0.1, -0.05) is 68.4 Å². The Bertz CT molecular complexity index is 1870. The molecule has 1 aliphatic heterocycles. The van der Waals surface area contributed by atoms with Gasteiger partial charge < -0.3 is 14.2 Å². The van der Waals surface area contributed by atoms with Gasteiger partial charge in [0.25, 0.3) is 0 Å². The molecule has 248 valence electrons. The number of hydrogen-bond acceptors (Lipinski definition) is 8. The minimum absolute atomic E-state index is 0.0465. The van der Waals surface area contributed by atoms with E-state index in [1.54, 1.807) is 24.3 Å². The second-order valence-electron chi connectivity index (χ2n) is 13.1. The molecule has 2 amide bonds. The summed E-state index contributed by atoms with van der Waals surface area (Å²) in [6, 6.07) is 27.2. The molecule has 8 rings (SSSR count). The van der Waals surface area contributed by atoms with Crippen LogP contribution in [0.3, 0.4) is 0 Å². The first-order valence-corrected chi connectivity index (χ1v) is 16.4. The lowest BCUT2D eigenvalue weighted by atomic mass is 9.55. The number of hydrogen-bond donors (Lipinski definition) is 0. The maximum Gasteiger partial charge on any atom is 0.343 e. The van der Waals surface area contributed by atoms with E-state index >= 15 is 0 Å². The summed E-state index contributed by atoms with van der Waals surface area (Å²) in [6.07, 6.45) is 0.201. The summed E-state index contributed by atoms with van der Waals surface area (Å²) in [4.78, 5) is 69.0. The number of imide groups is 1. The number of Topliss-reactive ketones (excluding diaryl/α,β-unsaturated/α-hetero) is 1. The quantitative estimate of drug-likeness (QED) is 0.0890. The second-order valence-corrected chi connectivity index (χ2v) is 13.1. The van der Waals surface area contributed by atoms with Crippen molar-refractivity contribution in [3.63, 3.8) is 0 Å². The van der Waals surface area contributed by atoms with Gasteiger partial charge in [-0.3, -0.25) is 19.3 Å². The molecular formula is C40H35NO8. The van der Waals surface area contributed by atoms with E-state index in [9.17, 15) is 24.0 Å². The lowest BCUT2D eigenvalue weighted by molar-refractivity contribution is -0.158. The van der Waals surface area contributed by atoms with E-state index in [1.807, 2.05) is 62.4 Å². The van der Waals surface area contributed by atoms with Crippen molar-refractivity contribution in [2.75, 3.05) is 13.7 Å². The van der Waals surface area contributed by atoms with Crippen LogP contribution in [0, 0.1) is 17.8 Å². The smallest absolute Gasteiger partial charge is 0.343 e. The Morgan fingerprint density at radius 1 is 0.694 bits per heavy atom. The molecule has 0 spiro atoms. The molecule has 4 aliphatic rings. The highest BCUT2D eigenvalue weighted by atomic mass is 16.5. The fraction of sp³-hybridized carbons (Fsp3) is 0.275. The van der Waals surface area contributed by atoms with Crippen LogP contribution in [0.5, 0.6) is 11.5 Å². The molecule has 3 aliphatic carbocycles. The molecule has 0 radical (unpaired) electrons. The molecule has 0 saturated carbocycles. The van der Waals surface area contributed by atoms with Gasteiger partial charge in [0.15, 0.2) is 12.4 Å². The Hall–Kier alpha value is -5.57. The number of ketones is 1. The van der Waals surface area contributed by atoms with Crippen LogP contribution in [0.2, 0.25) is 0 Å². The molecule has 1 fully saturated rings. The van der Waals surface area contributed by atoms with Gasteiger partial charge in [-0.2, -0.15) is 0 Å². The van der Waals surface area contributed by atoms with Gasteiger partial charge in [0.05, 0.1) is 24.5 Å². The number of nitrogens with zero attached hydrogens (tertiary/aromatic N) is 1. The van der Waals surface area contributed by atoms with Gasteiger partial charge in [-0.05, 0) is 77.1 Å². The molecule has 9 heteroatoms. The van der Waals surface area contributed by atoms with Gasteiger partial charge >= 0.3 is 11.9 Å². The predicted octanol–water partition coefficient (Wildman–Crippen LogP) is 5.95. The highest BCUT2D eigenvalue weighted by Crippen LogP contribution is 2.61. The second kappa shape index (κ2) is 12.8. The fourth-order valence-corrected chi connectivity index (χ4v) is 7.70. The highest BCUT2D eigenvalue weighted by Gasteiger charge is 2.63. The number of methoxy groups -OCH3 is 1. The maximum absolute atomic E-state index is 14.3. The Labute approximate surface area is 283 Å². The van der Waals surface area contributed by atoms with E-state index in [-0.39, 0.29) is 47.3 Å². The molecule has 9 nitrogen and oxygen atoms in total. The molecule has 2 bridgehead atoms. The summed E-state index contributed by atoms with van der Waals surface area (Å²) >= 11 is 0. The van der Waals surface area contributed by atoms with Gasteiger partial charge in [-0.15, -0.1) is 0 Å². The third kappa shape index (κ3) is 5.59. The normalized spacial score (nSPS) is 20.7. The fourth-order valence-electron chi connectivity index (χ4n) is 7.70. The van der Waals surface area contributed by atoms with Crippen molar-refractivity contribution in [1.29, 1.82) is 0 Å². The molecule has 49 heavy (non-hydrogen) atoms. The van der Waals surface area contributed by atoms with Crippen molar-refractivity contribution < 1.29 is 38.2 Å². The lowest BCUT2D eigenvalue weighted by Gasteiger charge is -2.45. The number of carbonyl (C=O) groups is 5. The predicted molar refractivity (Wildman–Crippen MR) is 178 cm³/mol. The number of likely N-dealkylation sites (tertiary alicyclic amines) is 1. The summed E-state index contributed by atoms with van der Waals surface area (Å²) in [5.74, 6) is -3.75. The molecule has 4 aromatic carbocycles. The van der Waals surface area contributed by atoms with Gasteiger partial charge in [0.2, 0.25) is 11.8 Å². The zero-order valence-corrected chi connectivity index (χ0v) is 27.3. The minimum atomic E-state index is -1.16. The summed E-state index contributed by atoms with van der Waals surface area (Å²) in [7, 11) is 1.50. The summed E-state index contributed by atoms with van der Waals surface area (Å²) in [5, 5.41) is 0. The minimum Gasteiger partial charge on any atom is -0.497 e. The Morgan fingerprint density at radius 3 is 1.76 bits per heavy atom. The zero-order valence-electron chi connectivity index (χ0n) is 27.3. The monoisotopic (exact) mass is 657 g/mol. The summed E-state index contributed by atoms with van der Waals surface area (Å²) in [6.45, 7) is 3.23. The van der Waals surface area contributed by atoms with E-state index < -0.39 is 42.2 Å². The molecule has 0 N–H and O–H groups in total. The van der Waals surface area contributed by atoms with Crippen LogP contribution in [-0.2, 0) is 19.1 Å². The Balaban J connectivity index is 1.06. The Morgan fingerprint density at radius 2 is 1.24 bits per heavy atom. The van der Waals surface area contributed by atoms with Crippen molar-refractivity contribution in [3.05, 3.63) is 130 Å². The van der Waals surface area contributed by atoms with Crippen LogP contribution >= 0.6 is 0 Å². The zero-order chi connectivity index (χ0) is 34.4. The van der Waals surface area contributed by atoms with Crippen LogP contribution in [0.1, 0.15) is 75.1 Å². The van der Waals surface area contributed by atoms with E-state index in [2.05, 4.69) is 0 Å². The van der Waals surface area contributed by atoms with Crippen molar-refractivity contribution >= 4 is 29.5 Å². The average molecular weight is 658 g/mol. The maximum atomic E-state index is 14.3. The SMILES string of the molecule is COc1cccc(C(=O)Oc2ccc(C(=O)COC(=O)C(CC(C)C)N3C(=O)C4C5c6ccccc6C(c6ccccc65)C4C3=O)cc2)c1. The first-order chi connectivity index (χ1) is 23.7. The standard InChI is InChI=1S/C40H35NO8/c1-22(2)19-31(40(46)48-21-32(42)23-15-17-25(18-16-23)49-39(45)24-9-8-10-26(20-24)47-3)41-37(43)35-33-27-11-4-5-12-28(27)34(36(35)38(41)44)30-14-7-6-13-29(30)33/h4-18,20,22,31,33-36H,19,21H2,1-3H3. The van der Waals surface area contributed by atoms with E-state index in [4.69, 9.17) is 14.2 Å². The molecule has 4 aromatic rings. The van der Waals surface area contributed by atoms with Gasteiger partial charge in [0.1, 0.15) is 17.5 Å². The van der Waals surface area contributed by atoms with E-state index in [1.165, 1.54) is 31.4 Å². The summed E-state index contributed by atoms with van der Waals surface area (Å²) < 4.78 is 16.1. The molecule has 0 aromatic heterocycles. The topological polar surface area (TPSA) is 116 Å². The lowest BCUT2D eigenvalue weighted by Crippen LogP contribution is -2.47. The van der Waals surface area contributed by atoms with Crippen molar-refractivity contribution in [2.45, 2.75) is 38.1 Å². The summed E-state index contributed by atoms with van der Waals surface area (Å²) in [5.41, 5.74) is 4.73. The van der Waals surface area contributed by atoms with E-state index in [0.29, 0.717) is 11.3 Å². The van der Waals surface area contributed by atoms with Crippen LogP contribution < -0.4 is 9.47 Å². The van der Waals surface area contributed by atoms with Gasteiger partial charge in [-0.25, -0.2) is 9.59 Å². The number of esters is 2. The molecule has 3 atom stereocenters. The van der Waals surface area contributed by atoms with Gasteiger partial charge in [0, 0.05) is 17.4 Å². The molecular weight excluding hydrogens is 622 g/mol. The van der Waals surface area contributed by atoms with Crippen molar-refractivity contribution in [3.8, 4) is 11.5 Å². The highest BCUT2D eigenvalue weighted by molar-refractivity contribution is 6.10. The van der Waals surface area contributed by atoms with Crippen LogP contribution in [0.25, 0.3) is 0 Å². The first-order valence-electron chi connectivity index (χ1n) is 16.4.